The van der Waals surface area contributed by atoms with Gasteiger partial charge < -0.3 is 20.1 Å². The number of rotatable bonds is 9. The molecule has 3 aromatic rings. The van der Waals surface area contributed by atoms with Crippen LogP contribution in [0, 0.1) is 0 Å². The first-order valence-electron chi connectivity index (χ1n) is 11.5. The second-order valence-corrected chi connectivity index (χ2v) is 9.01. The number of carbonyl (C=O) groups is 3. The fourth-order valence-corrected chi connectivity index (χ4v) is 3.32. The Hall–Kier alpha value is -3.95. The Balaban J connectivity index is 1.53. The van der Waals surface area contributed by atoms with E-state index in [2.05, 4.69) is 20.9 Å². The van der Waals surface area contributed by atoms with Crippen molar-refractivity contribution in [3.8, 4) is 0 Å². The van der Waals surface area contributed by atoms with E-state index < -0.39 is 29.7 Å². The molecule has 1 atom stereocenters. The van der Waals surface area contributed by atoms with Crippen molar-refractivity contribution in [1.82, 2.24) is 25.6 Å². The molecule has 0 aliphatic carbocycles. The predicted octanol–water partition coefficient (Wildman–Crippen LogP) is 4.06. The van der Waals surface area contributed by atoms with Gasteiger partial charge in [0, 0.05) is 6.54 Å². The average molecular weight is 482 g/mol. The summed E-state index contributed by atoms with van der Waals surface area (Å²) in [5, 5.41) is 13.3. The SMILES string of the molecule is CC(C)(C)OC(=O)N[C@@H](CCCCNC(=O)OCc1ccccc1)C(=O)n1nnc2ccccc21. The lowest BCUT2D eigenvalue weighted by Crippen LogP contribution is -2.45. The van der Waals surface area contributed by atoms with Gasteiger partial charge in [0.2, 0.25) is 0 Å². The molecule has 35 heavy (non-hydrogen) atoms. The van der Waals surface area contributed by atoms with Crippen LogP contribution in [0.1, 0.15) is 50.4 Å². The maximum Gasteiger partial charge on any atom is 0.408 e. The Labute approximate surface area is 204 Å². The average Bonchev–Trinajstić information content (AvgIpc) is 3.25. The number of benzene rings is 2. The zero-order valence-corrected chi connectivity index (χ0v) is 20.2. The first-order chi connectivity index (χ1) is 16.7. The number of amides is 2. The largest absolute Gasteiger partial charge is 0.445 e. The van der Waals surface area contributed by atoms with Gasteiger partial charge in [-0.1, -0.05) is 47.7 Å². The number of hydrogen-bond acceptors (Lipinski definition) is 7. The van der Waals surface area contributed by atoms with Crippen LogP contribution < -0.4 is 10.6 Å². The molecule has 3 rings (SSSR count). The number of unbranched alkanes of at least 4 members (excludes halogenated alkanes) is 1. The summed E-state index contributed by atoms with van der Waals surface area (Å²) in [6.07, 6.45) is 0.258. The van der Waals surface area contributed by atoms with Crippen LogP contribution >= 0.6 is 0 Å². The lowest BCUT2D eigenvalue weighted by Gasteiger charge is -2.23. The van der Waals surface area contributed by atoms with E-state index in [4.69, 9.17) is 9.47 Å². The molecule has 186 valence electrons. The second kappa shape index (κ2) is 12.0. The van der Waals surface area contributed by atoms with E-state index in [0.29, 0.717) is 36.8 Å². The molecule has 10 nitrogen and oxygen atoms in total. The van der Waals surface area contributed by atoms with E-state index in [-0.39, 0.29) is 6.61 Å². The monoisotopic (exact) mass is 481 g/mol. The van der Waals surface area contributed by atoms with Gasteiger partial charge in [-0.3, -0.25) is 4.79 Å². The topological polar surface area (TPSA) is 124 Å². The van der Waals surface area contributed by atoms with Crippen LogP contribution in [0.4, 0.5) is 9.59 Å². The molecule has 2 aromatic carbocycles. The normalized spacial score (nSPS) is 12.1. The molecule has 0 radical (unpaired) electrons. The van der Waals surface area contributed by atoms with Crippen molar-refractivity contribution in [2.75, 3.05) is 6.54 Å². The number of alkyl carbamates (subject to hydrolysis) is 2. The molecule has 0 aliphatic heterocycles. The molecule has 1 aromatic heterocycles. The van der Waals surface area contributed by atoms with Gasteiger partial charge in [-0.15, -0.1) is 5.10 Å². The molecule has 2 N–H and O–H groups in total. The van der Waals surface area contributed by atoms with E-state index in [9.17, 15) is 14.4 Å². The molecule has 0 saturated heterocycles. The summed E-state index contributed by atoms with van der Waals surface area (Å²) in [6, 6.07) is 15.6. The van der Waals surface area contributed by atoms with E-state index in [1.54, 1.807) is 45.0 Å². The molecule has 0 aliphatic rings. The number of fused-ring (bicyclic) bond motifs is 1. The maximum absolute atomic E-state index is 13.2. The van der Waals surface area contributed by atoms with Crippen LogP contribution in [0.2, 0.25) is 0 Å². The van der Waals surface area contributed by atoms with Gasteiger partial charge in [-0.05, 0) is 57.7 Å². The third-order valence-corrected chi connectivity index (χ3v) is 4.95. The summed E-state index contributed by atoms with van der Waals surface area (Å²) in [5.41, 5.74) is 1.33. The summed E-state index contributed by atoms with van der Waals surface area (Å²) in [4.78, 5) is 37.5. The quantitative estimate of drug-likeness (QED) is 0.442. The Bertz CT molecular complexity index is 1140. The molecule has 0 spiro atoms. The van der Waals surface area contributed by atoms with Crippen molar-refractivity contribution in [1.29, 1.82) is 0 Å². The molecule has 1 heterocycles. The van der Waals surface area contributed by atoms with E-state index in [1.807, 2.05) is 30.3 Å². The van der Waals surface area contributed by atoms with Crippen LogP contribution in [-0.4, -0.2) is 51.3 Å². The smallest absolute Gasteiger partial charge is 0.408 e. The molecular formula is C25H31N5O5. The molecule has 2 amide bonds. The highest BCUT2D eigenvalue weighted by molar-refractivity contribution is 5.93. The number of carbonyl (C=O) groups excluding carboxylic acids is 3. The highest BCUT2D eigenvalue weighted by atomic mass is 16.6. The highest BCUT2D eigenvalue weighted by Gasteiger charge is 2.27. The molecular weight excluding hydrogens is 450 g/mol. The number of para-hydroxylation sites is 1. The lowest BCUT2D eigenvalue weighted by atomic mass is 10.1. The van der Waals surface area contributed by atoms with Crippen molar-refractivity contribution >= 4 is 29.1 Å². The number of ether oxygens (including phenoxy) is 2. The first kappa shape index (κ1) is 25.7. The lowest BCUT2D eigenvalue weighted by molar-refractivity contribution is 0.0476. The molecule has 0 fully saturated rings. The number of nitrogens with zero attached hydrogens (tertiary/aromatic N) is 3. The van der Waals surface area contributed by atoms with Crippen LogP contribution in [0.3, 0.4) is 0 Å². The van der Waals surface area contributed by atoms with E-state index in [0.717, 1.165) is 5.56 Å². The second-order valence-electron chi connectivity index (χ2n) is 9.01. The minimum Gasteiger partial charge on any atom is -0.445 e. The van der Waals surface area contributed by atoms with Crippen molar-refractivity contribution < 1.29 is 23.9 Å². The van der Waals surface area contributed by atoms with Gasteiger partial charge in [0.1, 0.15) is 23.8 Å². The fourth-order valence-electron chi connectivity index (χ4n) is 3.32. The zero-order valence-electron chi connectivity index (χ0n) is 20.2. The Kier molecular flexibility index (Phi) is 8.77. The van der Waals surface area contributed by atoms with Crippen molar-refractivity contribution in [3.05, 3.63) is 60.2 Å². The maximum atomic E-state index is 13.2. The van der Waals surface area contributed by atoms with Gasteiger partial charge >= 0.3 is 12.2 Å². The van der Waals surface area contributed by atoms with Gasteiger partial charge in [0.05, 0.1) is 5.52 Å². The number of hydrogen-bond donors (Lipinski definition) is 2. The molecule has 10 heteroatoms. The fraction of sp³-hybridized carbons (Fsp3) is 0.400. The van der Waals surface area contributed by atoms with Crippen molar-refractivity contribution in [2.24, 2.45) is 0 Å². The Morgan fingerprint density at radius 1 is 0.971 bits per heavy atom. The minimum absolute atomic E-state index is 0.189. The summed E-state index contributed by atoms with van der Waals surface area (Å²) < 4.78 is 11.7. The van der Waals surface area contributed by atoms with Crippen LogP contribution in [0.25, 0.3) is 11.0 Å². The standard InChI is InChI=1S/C25H31N5O5/c1-25(2,3)35-24(33)27-20(22(31)30-21-15-8-7-13-19(21)28-29-30)14-9-10-16-26-23(32)34-17-18-11-5-4-6-12-18/h4-8,11-13,15,20H,9-10,14,16-17H2,1-3H3,(H,26,32)(H,27,33)/t20-/m0/s1. The predicted molar refractivity (Wildman–Crippen MR) is 130 cm³/mol. The summed E-state index contributed by atoms with van der Waals surface area (Å²) in [6.45, 7) is 5.80. The minimum atomic E-state index is -0.875. The van der Waals surface area contributed by atoms with Gasteiger partial charge in [0.15, 0.2) is 0 Å². The Morgan fingerprint density at radius 3 is 2.43 bits per heavy atom. The van der Waals surface area contributed by atoms with Crippen LogP contribution in [0.5, 0.6) is 0 Å². The summed E-state index contributed by atoms with van der Waals surface area (Å²) in [7, 11) is 0. The van der Waals surface area contributed by atoms with E-state index in [1.165, 1.54) is 4.68 Å². The van der Waals surface area contributed by atoms with Crippen LogP contribution in [-0.2, 0) is 16.1 Å². The van der Waals surface area contributed by atoms with Gasteiger partial charge in [-0.25, -0.2) is 9.59 Å². The zero-order chi connectivity index (χ0) is 25.3. The van der Waals surface area contributed by atoms with Gasteiger partial charge in [-0.2, -0.15) is 4.68 Å². The summed E-state index contributed by atoms with van der Waals surface area (Å²) >= 11 is 0. The van der Waals surface area contributed by atoms with Crippen LogP contribution in [0.15, 0.2) is 54.6 Å². The molecule has 0 bridgehead atoms. The molecule has 0 unspecified atom stereocenters. The highest BCUT2D eigenvalue weighted by Crippen LogP contribution is 2.13. The summed E-state index contributed by atoms with van der Waals surface area (Å²) in [5.74, 6) is -0.417. The third-order valence-electron chi connectivity index (χ3n) is 4.95. The molecule has 0 saturated carbocycles. The van der Waals surface area contributed by atoms with Gasteiger partial charge in [0.25, 0.3) is 5.91 Å². The van der Waals surface area contributed by atoms with Crippen molar-refractivity contribution in [2.45, 2.75) is 58.3 Å². The number of aromatic nitrogens is 3. The first-order valence-corrected chi connectivity index (χ1v) is 11.5. The number of nitrogens with one attached hydrogen (secondary N) is 2. The van der Waals surface area contributed by atoms with Crippen molar-refractivity contribution in [3.63, 3.8) is 0 Å². The van der Waals surface area contributed by atoms with E-state index >= 15 is 0 Å². The Morgan fingerprint density at radius 2 is 1.69 bits per heavy atom. The third kappa shape index (κ3) is 8.09.